The van der Waals surface area contributed by atoms with Crippen molar-refractivity contribution < 1.29 is 33.0 Å². The number of aliphatic hydroxyl groups is 1. The highest BCUT2D eigenvalue weighted by atomic mass is 19.1. The Morgan fingerprint density at radius 3 is 2.74 bits per heavy atom. The number of rotatable bonds is 1. The van der Waals surface area contributed by atoms with Crippen LogP contribution in [0.1, 0.15) is 63.3 Å². The monoisotopic (exact) mass is 531 g/mol. The standard InChI is InChI=1S/C28H38FN3O6/c1-17(2)26-19(4)9-10-24(34)30-11-5-7-18(3)13-21(33)14-20(29)15-25-31-22(16-37-25)27(35)32-12-6-8-23(32)28(36)38-26/h5,7,9-10,13,16-17,19-21,23,26,33H,6,8,11-12,14-15H2,1-4H3,(H,30,34)/b7-5+,10-9+,18-13+/t19-,20+,21-,23-,26?/m1/s1. The fourth-order valence-electron chi connectivity index (χ4n) is 4.74. The van der Waals surface area contributed by atoms with Gasteiger partial charge in [-0.15, -0.1) is 0 Å². The van der Waals surface area contributed by atoms with Gasteiger partial charge in [0.15, 0.2) is 11.6 Å². The van der Waals surface area contributed by atoms with E-state index in [1.165, 1.54) is 23.3 Å². The van der Waals surface area contributed by atoms with Gasteiger partial charge >= 0.3 is 5.97 Å². The summed E-state index contributed by atoms with van der Waals surface area (Å²) in [5, 5.41) is 13.0. The van der Waals surface area contributed by atoms with Gasteiger partial charge in [0.25, 0.3) is 5.91 Å². The Hall–Kier alpha value is -3.27. The molecule has 0 spiro atoms. The van der Waals surface area contributed by atoms with Crippen LogP contribution in [0.15, 0.2) is 46.6 Å². The van der Waals surface area contributed by atoms with Crippen molar-refractivity contribution in [1.82, 2.24) is 15.2 Å². The Morgan fingerprint density at radius 1 is 1.24 bits per heavy atom. The van der Waals surface area contributed by atoms with Gasteiger partial charge in [-0.1, -0.05) is 50.6 Å². The normalized spacial score (nSPS) is 31.7. The number of hydrogen-bond acceptors (Lipinski definition) is 7. The lowest BCUT2D eigenvalue weighted by Crippen LogP contribution is -2.44. The van der Waals surface area contributed by atoms with Crippen LogP contribution in [0.2, 0.25) is 0 Å². The molecule has 38 heavy (non-hydrogen) atoms. The predicted octanol–water partition coefficient (Wildman–Crippen LogP) is 3.30. The van der Waals surface area contributed by atoms with E-state index in [9.17, 15) is 23.9 Å². The summed E-state index contributed by atoms with van der Waals surface area (Å²) in [5.74, 6) is -1.51. The molecule has 2 N–H and O–H groups in total. The van der Waals surface area contributed by atoms with Crippen LogP contribution in [0.4, 0.5) is 4.39 Å². The molecule has 2 aliphatic rings. The van der Waals surface area contributed by atoms with Gasteiger partial charge < -0.3 is 24.5 Å². The first kappa shape index (κ1) is 29.3. The number of halogens is 1. The number of nitrogens with one attached hydrogen (secondary N) is 1. The first-order valence-corrected chi connectivity index (χ1v) is 13.1. The molecule has 208 valence electrons. The number of ether oxygens (including phenoxy) is 1. The van der Waals surface area contributed by atoms with Crippen molar-refractivity contribution in [2.24, 2.45) is 11.8 Å². The van der Waals surface area contributed by atoms with Crippen molar-refractivity contribution in [1.29, 1.82) is 0 Å². The number of allylic oxidation sites excluding steroid dienone is 2. The van der Waals surface area contributed by atoms with Crippen molar-refractivity contribution in [3.8, 4) is 0 Å². The highest BCUT2D eigenvalue weighted by molar-refractivity contribution is 5.95. The number of fused-ring (bicyclic) bond motifs is 3. The number of oxazole rings is 1. The average Bonchev–Trinajstić information content (AvgIpc) is 3.52. The zero-order valence-corrected chi connectivity index (χ0v) is 22.4. The zero-order valence-electron chi connectivity index (χ0n) is 22.4. The Balaban J connectivity index is 1.85. The molecule has 1 saturated heterocycles. The smallest absolute Gasteiger partial charge is 0.329 e. The number of carbonyl (C=O) groups is 3. The number of cyclic esters (lactones) is 1. The quantitative estimate of drug-likeness (QED) is 0.533. The second kappa shape index (κ2) is 13.5. The summed E-state index contributed by atoms with van der Waals surface area (Å²) in [6.45, 7) is 8.13. The second-order valence-electron chi connectivity index (χ2n) is 10.3. The van der Waals surface area contributed by atoms with Crippen molar-refractivity contribution in [3.05, 3.63) is 53.8 Å². The molecule has 0 aliphatic carbocycles. The Morgan fingerprint density at radius 2 is 2.00 bits per heavy atom. The average molecular weight is 532 g/mol. The zero-order chi connectivity index (χ0) is 27.8. The van der Waals surface area contributed by atoms with Gasteiger partial charge in [0.1, 0.15) is 24.6 Å². The van der Waals surface area contributed by atoms with Crippen molar-refractivity contribution in [2.75, 3.05) is 13.1 Å². The highest BCUT2D eigenvalue weighted by Gasteiger charge is 2.38. The lowest BCUT2D eigenvalue weighted by Gasteiger charge is -2.29. The summed E-state index contributed by atoms with van der Waals surface area (Å²) in [6.07, 6.45) is 7.01. The molecule has 9 nitrogen and oxygen atoms in total. The van der Waals surface area contributed by atoms with Crippen molar-refractivity contribution in [2.45, 2.75) is 77.8 Å². The Bertz CT molecular complexity index is 1080. The molecule has 2 bridgehead atoms. The topological polar surface area (TPSA) is 122 Å². The number of amides is 2. The third kappa shape index (κ3) is 8.11. The van der Waals surface area contributed by atoms with Crippen LogP contribution in [0, 0.1) is 11.8 Å². The molecule has 2 aliphatic heterocycles. The maximum atomic E-state index is 14.6. The lowest BCUT2D eigenvalue weighted by molar-refractivity contribution is -0.158. The SMILES string of the molecule is CC1=C\[C@@H](O)C[C@H](F)Cc2nc(co2)C(=O)N2CCC[C@@H]2C(=O)OC(C(C)C)[C@H](C)/C=C/C(=O)NC\C=C\1. The maximum Gasteiger partial charge on any atom is 0.329 e. The van der Waals surface area contributed by atoms with E-state index in [2.05, 4.69) is 10.3 Å². The van der Waals surface area contributed by atoms with Gasteiger partial charge in [-0.2, -0.15) is 0 Å². The van der Waals surface area contributed by atoms with Crippen LogP contribution in [-0.4, -0.2) is 70.3 Å². The van der Waals surface area contributed by atoms with Crippen LogP contribution in [0.3, 0.4) is 0 Å². The predicted molar refractivity (Wildman–Crippen MR) is 139 cm³/mol. The third-order valence-electron chi connectivity index (χ3n) is 6.66. The van der Waals surface area contributed by atoms with Gasteiger partial charge in [0.05, 0.1) is 12.5 Å². The van der Waals surface area contributed by atoms with E-state index < -0.39 is 36.3 Å². The molecular weight excluding hydrogens is 493 g/mol. The molecule has 1 aromatic rings. The molecular formula is C28H38FN3O6. The second-order valence-corrected chi connectivity index (χ2v) is 10.3. The fourth-order valence-corrected chi connectivity index (χ4v) is 4.74. The van der Waals surface area contributed by atoms with E-state index in [1.54, 1.807) is 25.2 Å². The van der Waals surface area contributed by atoms with Crippen molar-refractivity contribution in [3.63, 3.8) is 0 Å². The van der Waals surface area contributed by atoms with Gasteiger partial charge in [-0.3, -0.25) is 9.59 Å². The number of carbonyl (C=O) groups excluding carboxylic acids is 3. The summed E-state index contributed by atoms with van der Waals surface area (Å²) in [4.78, 5) is 44.1. The first-order valence-electron chi connectivity index (χ1n) is 13.1. The number of esters is 1. The summed E-state index contributed by atoms with van der Waals surface area (Å²) < 4.78 is 25.8. The Labute approximate surface area is 222 Å². The number of aliphatic hydroxyl groups excluding tert-OH is 1. The van der Waals surface area contributed by atoms with E-state index in [-0.39, 0.29) is 48.7 Å². The van der Waals surface area contributed by atoms with E-state index >= 15 is 0 Å². The Kier molecular flexibility index (Phi) is 10.4. The van der Waals surface area contributed by atoms with Crippen LogP contribution < -0.4 is 5.32 Å². The number of alkyl halides is 1. The third-order valence-corrected chi connectivity index (χ3v) is 6.66. The first-order chi connectivity index (χ1) is 18.0. The summed E-state index contributed by atoms with van der Waals surface area (Å²) in [5.41, 5.74) is 0.710. The minimum absolute atomic E-state index is 0.00515. The molecule has 3 rings (SSSR count). The lowest BCUT2D eigenvalue weighted by atomic mass is 9.94. The van der Waals surface area contributed by atoms with Crippen molar-refractivity contribution >= 4 is 17.8 Å². The van der Waals surface area contributed by atoms with E-state index in [0.29, 0.717) is 25.0 Å². The summed E-state index contributed by atoms with van der Waals surface area (Å²) >= 11 is 0. The van der Waals surface area contributed by atoms with Crippen LogP contribution in [0.5, 0.6) is 0 Å². The van der Waals surface area contributed by atoms with Gasteiger partial charge in [0, 0.05) is 25.4 Å². The summed E-state index contributed by atoms with van der Waals surface area (Å²) in [7, 11) is 0. The maximum absolute atomic E-state index is 14.6. The van der Waals surface area contributed by atoms with E-state index in [1.807, 2.05) is 20.8 Å². The van der Waals surface area contributed by atoms with Gasteiger partial charge in [-0.05, 0) is 31.8 Å². The van der Waals surface area contributed by atoms with E-state index in [4.69, 9.17) is 9.15 Å². The molecule has 5 atom stereocenters. The van der Waals surface area contributed by atoms with Crippen LogP contribution in [0.25, 0.3) is 0 Å². The molecule has 0 saturated carbocycles. The van der Waals surface area contributed by atoms with Gasteiger partial charge in [-0.25, -0.2) is 14.2 Å². The molecule has 1 aromatic heterocycles. The largest absolute Gasteiger partial charge is 0.460 e. The molecule has 1 fully saturated rings. The number of hydrogen-bond donors (Lipinski definition) is 2. The highest BCUT2D eigenvalue weighted by Crippen LogP contribution is 2.25. The molecule has 0 radical (unpaired) electrons. The molecule has 2 amide bonds. The van der Waals surface area contributed by atoms with E-state index in [0.717, 1.165) is 0 Å². The minimum atomic E-state index is -1.45. The van der Waals surface area contributed by atoms with Crippen LogP contribution in [-0.2, 0) is 20.7 Å². The van der Waals surface area contributed by atoms with Gasteiger partial charge in [0.2, 0.25) is 5.91 Å². The molecule has 10 heteroatoms. The fraction of sp³-hybridized carbons (Fsp3) is 0.571. The molecule has 3 heterocycles. The molecule has 1 unspecified atom stereocenters. The summed E-state index contributed by atoms with van der Waals surface area (Å²) in [6, 6.07) is -0.768. The number of aromatic nitrogens is 1. The molecule has 0 aromatic carbocycles. The van der Waals surface area contributed by atoms with Crippen LogP contribution >= 0.6 is 0 Å². The minimum Gasteiger partial charge on any atom is -0.460 e. The number of nitrogens with zero attached hydrogens (tertiary/aromatic N) is 2.